The molecule has 0 amide bonds. The molecule has 1 aliphatic rings. The standard InChI is InChI=1S/C21H18ClF3N2O2/c22-17-12-16(20(28)18-15(17)2-1-7-26-18)19(27-8-10-29-11-9-27)13-3-5-14(6-4-13)21(23,24)25/h1-7,12,19,28H,8-11H2/t19-/m1/s1. The van der Waals surface area contributed by atoms with Crippen molar-refractivity contribution in [2.24, 2.45) is 0 Å². The average Bonchev–Trinajstić information content (AvgIpc) is 2.72. The first-order chi connectivity index (χ1) is 13.9. The van der Waals surface area contributed by atoms with Gasteiger partial charge >= 0.3 is 6.18 Å². The second-order valence-electron chi connectivity index (χ2n) is 6.87. The summed E-state index contributed by atoms with van der Waals surface area (Å²) in [5.74, 6) is -0.0265. The number of aromatic nitrogens is 1. The Kier molecular flexibility index (Phi) is 5.38. The minimum absolute atomic E-state index is 0.0265. The quantitative estimate of drug-likeness (QED) is 0.642. The molecule has 0 spiro atoms. The first kappa shape index (κ1) is 19.9. The fraction of sp³-hybridized carbons (Fsp3) is 0.286. The number of halogens is 4. The monoisotopic (exact) mass is 422 g/mol. The molecule has 4 rings (SSSR count). The van der Waals surface area contributed by atoms with Gasteiger partial charge in [0.15, 0.2) is 0 Å². The molecule has 2 aromatic carbocycles. The SMILES string of the molecule is Oc1c([C@@H](c2ccc(C(F)(F)F)cc2)N2CCOCC2)cc(Cl)c2cccnc12. The van der Waals surface area contributed by atoms with Gasteiger partial charge in [-0.25, -0.2) is 0 Å². The largest absolute Gasteiger partial charge is 0.505 e. The minimum atomic E-state index is -4.41. The van der Waals surface area contributed by atoms with Crippen LogP contribution in [0, 0.1) is 0 Å². The van der Waals surface area contributed by atoms with Crippen molar-refractivity contribution in [3.05, 3.63) is 70.4 Å². The zero-order valence-electron chi connectivity index (χ0n) is 15.3. The topological polar surface area (TPSA) is 45.6 Å². The highest BCUT2D eigenvalue weighted by Gasteiger charge is 2.32. The van der Waals surface area contributed by atoms with E-state index in [4.69, 9.17) is 16.3 Å². The average molecular weight is 423 g/mol. The van der Waals surface area contributed by atoms with Gasteiger partial charge in [-0.15, -0.1) is 0 Å². The molecule has 0 unspecified atom stereocenters. The fourth-order valence-corrected chi connectivity index (χ4v) is 3.96. The molecule has 0 bridgehead atoms. The lowest BCUT2D eigenvalue weighted by molar-refractivity contribution is -0.137. The number of benzene rings is 2. The Bertz CT molecular complexity index is 1020. The number of phenols is 1. The Morgan fingerprint density at radius 3 is 2.45 bits per heavy atom. The van der Waals surface area contributed by atoms with Crippen LogP contribution in [0.25, 0.3) is 10.9 Å². The van der Waals surface area contributed by atoms with Gasteiger partial charge in [0.25, 0.3) is 0 Å². The Morgan fingerprint density at radius 2 is 1.79 bits per heavy atom. The molecule has 1 saturated heterocycles. The lowest BCUT2D eigenvalue weighted by Gasteiger charge is -2.35. The smallest absolute Gasteiger partial charge is 0.416 e. The van der Waals surface area contributed by atoms with Crippen molar-refractivity contribution < 1.29 is 23.0 Å². The van der Waals surface area contributed by atoms with E-state index < -0.39 is 17.8 Å². The predicted molar refractivity (Wildman–Crippen MR) is 104 cm³/mol. The molecule has 0 radical (unpaired) electrons. The van der Waals surface area contributed by atoms with Gasteiger partial charge in [0.1, 0.15) is 11.3 Å². The third-order valence-electron chi connectivity index (χ3n) is 5.10. The molecule has 0 saturated carbocycles. The molecule has 1 aromatic heterocycles. The van der Waals surface area contributed by atoms with Crippen molar-refractivity contribution in [2.75, 3.05) is 26.3 Å². The van der Waals surface area contributed by atoms with Crippen LogP contribution in [0.3, 0.4) is 0 Å². The third kappa shape index (κ3) is 3.90. The number of nitrogens with zero attached hydrogens (tertiary/aromatic N) is 2. The van der Waals surface area contributed by atoms with Gasteiger partial charge in [0, 0.05) is 30.2 Å². The molecule has 1 atom stereocenters. The first-order valence-electron chi connectivity index (χ1n) is 9.11. The molecule has 0 aliphatic carbocycles. The molecule has 3 aromatic rings. The van der Waals surface area contributed by atoms with E-state index in [-0.39, 0.29) is 5.75 Å². The fourth-order valence-electron chi connectivity index (χ4n) is 3.69. The van der Waals surface area contributed by atoms with E-state index >= 15 is 0 Å². The predicted octanol–water partition coefficient (Wildman–Crippen LogP) is 5.03. The first-order valence-corrected chi connectivity index (χ1v) is 9.49. The number of pyridine rings is 1. The lowest BCUT2D eigenvalue weighted by atomic mass is 9.93. The number of aromatic hydroxyl groups is 1. The summed E-state index contributed by atoms with van der Waals surface area (Å²) in [6.07, 6.45) is -2.85. The highest BCUT2D eigenvalue weighted by Crippen LogP contribution is 2.41. The Labute approximate surface area is 170 Å². The van der Waals surface area contributed by atoms with Gasteiger partial charge in [-0.3, -0.25) is 9.88 Å². The molecule has 4 nitrogen and oxygen atoms in total. The molecule has 152 valence electrons. The summed E-state index contributed by atoms with van der Waals surface area (Å²) in [6.45, 7) is 2.14. The van der Waals surface area contributed by atoms with Crippen LogP contribution >= 0.6 is 11.6 Å². The van der Waals surface area contributed by atoms with Crippen LogP contribution in [0.5, 0.6) is 5.75 Å². The van der Waals surface area contributed by atoms with Crippen LogP contribution in [0.15, 0.2) is 48.7 Å². The number of hydrogen-bond donors (Lipinski definition) is 1. The number of hydrogen-bond acceptors (Lipinski definition) is 4. The Balaban J connectivity index is 1.85. The summed E-state index contributed by atoms with van der Waals surface area (Å²) in [6, 6.07) is 9.67. The van der Waals surface area contributed by atoms with Crippen LogP contribution in [0.2, 0.25) is 5.02 Å². The van der Waals surface area contributed by atoms with Gasteiger partial charge in [0.05, 0.1) is 29.8 Å². The van der Waals surface area contributed by atoms with E-state index in [1.807, 2.05) is 0 Å². The summed E-state index contributed by atoms with van der Waals surface area (Å²) in [7, 11) is 0. The van der Waals surface area contributed by atoms with Crippen LogP contribution in [-0.4, -0.2) is 41.3 Å². The van der Waals surface area contributed by atoms with Crippen molar-refractivity contribution in [2.45, 2.75) is 12.2 Å². The van der Waals surface area contributed by atoms with Gasteiger partial charge in [0.2, 0.25) is 0 Å². The van der Waals surface area contributed by atoms with Crippen molar-refractivity contribution in [1.29, 1.82) is 0 Å². The van der Waals surface area contributed by atoms with Crippen LogP contribution in [-0.2, 0) is 10.9 Å². The van der Waals surface area contributed by atoms with E-state index in [1.165, 1.54) is 12.1 Å². The summed E-state index contributed by atoms with van der Waals surface area (Å²) in [5, 5.41) is 12.0. The minimum Gasteiger partial charge on any atom is -0.505 e. The van der Waals surface area contributed by atoms with Crippen LogP contribution < -0.4 is 0 Å². The van der Waals surface area contributed by atoms with Crippen LogP contribution in [0.4, 0.5) is 13.2 Å². The molecule has 1 aliphatic heterocycles. The van der Waals surface area contributed by atoms with Crippen molar-refractivity contribution in [3.63, 3.8) is 0 Å². The second-order valence-corrected chi connectivity index (χ2v) is 7.27. The van der Waals surface area contributed by atoms with E-state index in [2.05, 4.69) is 9.88 Å². The van der Waals surface area contributed by atoms with Crippen molar-refractivity contribution >= 4 is 22.5 Å². The summed E-state index contributed by atoms with van der Waals surface area (Å²) in [4.78, 5) is 6.31. The second kappa shape index (κ2) is 7.82. The zero-order valence-corrected chi connectivity index (χ0v) is 16.0. The maximum Gasteiger partial charge on any atom is 0.416 e. The Hall–Kier alpha value is -2.35. The van der Waals surface area contributed by atoms with Crippen molar-refractivity contribution in [3.8, 4) is 5.75 Å². The Morgan fingerprint density at radius 1 is 1.10 bits per heavy atom. The summed E-state index contributed by atoms with van der Waals surface area (Å²) >= 11 is 6.45. The zero-order chi connectivity index (χ0) is 20.6. The number of ether oxygens (including phenoxy) is 1. The molecule has 1 N–H and O–H groups in total. The molecule has 2 heterocycles. The van der Waals surface area contributed by atoms with Gasteiger partial charge < -0.3 is 9.84 Å². The maximum atomic E-state index is 13.0. The normalized spacial score (nSPS) is 16.8. The van der Waals surface area contributed by atoms with E-state index in [0.29, 0.717) is 53.4 Å². The van der Waals surface area contributed by atoms with Crippen LogP contribution in [0.1, 0.15) is 22.7 Å². The summed E-state index contributed by atoms with van der Waals surface area (Å²) in [5.41, 5.74) is 0.772. The number of fused-ring (bicyclic) bond motifs is 1. The lowest BCUT2D eigenvalue weighted by Crippen LogP contribution is -2.39. The molecule has 8 heteroatoms. The van der Waals surface area contributed by atoms with E-state index in [1.54, 1.807) is 24.4 Å². The molecule has 1 fully saturated rings. The van der Waals surface area contributed by atoms with Gasteiger partial charge in [-0.2, -0.15) is 13.2 Å². The molecular weight excluding hydrogens is 405 g/mol. The van der Waals surface area contributed by atoms with E-state index in [0.717, 1.165) is 12.1 Å². The van der Waals surface area contributed by atoms with Crippen molar-refractivity contribution in [1.82, 2.24) is 9.88 Å². The highest BCUT2D eigenvalue weighted by atomic mass is 35.5. The molecule has 29 heavy (non-hydrogen) atoms. The maximum absolute atomic E-state index is 13.0. The van der Waals surface area contributed by atoms with Gasteiger partial charge in [-0.1, -0.05) is 23.7 Å². The number of phenolic OH excluding ortho intramolecular Hbond substituents is 1. The third-order valence-corrected chi connectivity index (χ3v) is 5.42. The van der Waals surface area contributed by atoms with E-state index in [9.17, 15) is 18.3 Å². The summed E-state index contributed by atoms with van der Waals surface area (Å²) < 4.78 is 44.4. The highest BCUT2D eigenvalue weighted by molar-refractivity contribution is 6.35. The number of rotatable bonds is 3. The number of morpholine rings is 1. The van der Waals surface area contributed by atoms with Gasteiger partial charge in [-0.05, 0) is 35.9 Å². The molecular formula is C21H18ClF3N2O2. The number of alkyl halides is 3.